The van der Waals surface area contributed by atoms with E-state index in [2.05, 4.69) is 70.8 Å². The van der Waals surface area contributed by atoms with Crippen LogP contribution >= 0.6 is 24.0 Å². The van der Waals surface area contributed by atoms with Gasteiger partial charge < -0.3 is 10.6 Å². The lowest BCUT2D eigenvalue weighted by atomic mass is 9.91. The molecule has 2 aromatic heterocycles. The van der Waals surface area contributed by atoms with Gasteiger partial charge in [-0.25, -0.2) is 4.99 Å². The number of aromatic nitrogens is 3. The number of hydrogen-bond acceptors (Lipinski definition) is 4. The molecule has 1 aliphatic rings. The van der Waals surface area contributed by atoms with Crippen molar-refractivity contribution >= 4 is 35.6 Å². The Bertz CT molecular complexity index is 1020. The van der Waals surface area contributed by atoms with Gasteiger partial charge in [0, 0.05) is 32.4 Å². The van der Waals surface area contributed by atoms with Gasteiger partial charge in [-0.05, 0) is 48.4 Å². The first kappa shape index (κ1) is 25.4. The van der Waals surface area contributed by atoms with Gasteiger partial charge in [-0.2, -0.15) is 0 Å². The summed E-state index contributed by atoms with van der Waals surface area (Å²) in [4.78, 5) is 7.35. The van der Waals surface area contributed by atoms with Gasteiger partial charge in [-0.3, -0.25) is 9.30 Å². The van der Waals surface area contributed by atoms with Crippen LogP contribution in [0, 0.1) is 11.8 Å². The molecule has 1 aromatic carbocycles. The molecular formula is C25H36IN7. The van der Waals surface area contributed by atoms with Gasteiger partial charge in [-0.15, -0.1) is 34.2 Å². The molecule has 1 aliphatic heterocycles. The SMILES string of the molecule is CCNC(=NCc1ccc(CN2CC(C)CC(C)C2)cc1)NCc1nnc2ccccn12.I. The van der Waals surface area contributed by atoms with Crippen molar-refractivity contribution in [1.82, 2.24) is 30.1 Å². The number of halogens is 1. The summed E-state index contributed by atoms with van der Waals surface area (Å²) in [7, 11) is 0. The lowest BCUT2D eigenvalue weighted by Gasteiger charge is -2.35. The van der Waals surface area contributed by atoms with Crippen LogP contribution in [0.2, 0.25) is 0 Å². The highest BCUT2D eigenvalue weighted by molar-refractivity contribution is 14.0. The van der Waals surface area contributed by atoms with Crippen LogP contribution in [0.5, 0.6) is 0 Å². The molecule has 0 aliphatic carbocycles. The lowest BCUT2D eigenvalue weighted by Crippen LogP contribution is -2.38. The first-order chi connectivity index (χ1) is 15.6. The Hall–Kier alpha value is -2.20. The van der Waals surface area contributed by atoms with E-state index < -0.39 is 0 Å². The molecule has 0 amide bonds. The topological polar surface area (TPSA) is 69.8 Å². The average Bonchev–Trinajstić information content (AvgIpc) is 3.19. The third-order valence-electron chi connectivity index (χ3n) is 5.94. The van der Waals surface area contributed by atoms with Crippen molar-refractivity contribution in [3.63, 3.8) is 0 Å². The number of guanidine groups is 1. The van der Waals surface area contributed by atoms with Crippen LogP contribution in [0.25, 0.3) is 5.65 Å². The van der Waals surface area contributed by atoms with E-state index in [-0.39, 0.29) is 24.0 Å². The Balaban J connectivity index is 0.00000306. The minimum Gasteiger partial charge on any atom is -0.357 e. The van der Waals surface area contributed by atoms with Crippen LogP contribution in [0.1, 0.15) is 44.1 Å². The molecule has 0 saturated carbocycles. The van der Waals surface area contributed by atoms with E-state index in [1.807, 2.05) is 28.8 Å². The van der Waals surface area contributed by atoms with Crippen LogP contribution in [-0.4, -0.2) is 45.1 Å². The van der Waals surface area contributed by atoms with Gasteiger partial charge in [0.1, 0.15) is 0 Å². The van der Waals surface area contributed by atoms with Crippen LogP contribution in [0.15, 0.2) is 53.7 Å². The first-order valence-electron chi connectivity index (χ1n) is 11.7. The number of benzene rings is 1. The summed E-state index contributed by atoms with van der Waals surface area (Å²) in [5.74, 6) is 3.22. The molecule has 0 spiro atoms. The van der Waals surface area contributed by atoms with Crippen LogP contribution in [0.4, 0.5) is 0 Å². The number of aliphatic imine (C=N–C) groups is 1. The second-order valence-electron chi connectivity index (χ2n) is 9.05. The van der Waals surface area contributed by atoms with Gasteiger partial charge >= 0.3 is 0 Å². The minimum absolute atomic E-state index is 0. The molecule has 0 radical (unpaired) electrons. The Labute approximate surface area is 214 Å². The molecule has 1 fully saturated rings. The summed E-state index contributed by atoms with van der Waals surface area (Å²) < 4.78 is 1.99. The minimum atomic E-state index is 0. The number of piperidine rings is 1. The van der Waals surface area contributed by atoms with Crippen molar-refractivity contribution < 1.29 is 0 Å². The average molecular weight is 562 g/mol. The molecule has 1 saturated heterocycles. The monoisotopic (exact) mass is 561 g/mol. The second-order valence-corrected chi connectivity index (χ2v) is 9.05. The van der Waals surface area contributed by atoms with Crippen molar-refractivity contribution in [2.45, 2.75) is 46.8 Å². The third-order valence-corrected chi connectivity index (χ3v) is 5.94. The van der Waals surface area contributed by atoms with E-state index in [9.17, 15) is 0 Å². The fourth-order valence-electron chi connectivity index (χ4n) is 4.62. The van der Waals surface area contributed by atoms with Crippen LogP contribution < -0.4 is 10.6 Å². The van der Waals surface area contributed by atoms with Crippen molar-refractivity contribution in [2.24, 2.45) is 16.8 Å². The van der Waals surface area contributed by atoms with Gasteiger partial charge in [0.25, 0.3) is 0 Å². The molecule has 7 nitrogen and oxygen atoms in total. The van der Waals surface area contributed by atoms with Crippen LogP contribution in [0.3, 0.4) is 0 Å². The smallest absolute Gasteiger partial charge is 0.191 e. The van der Waals surface area contributed by atoms with Gasteiger partial charge in [0.2, 0.25) is 0 Å². The normalized spacial score (nSPS) is 19.3. The maximum Gasteiger partial charge on any atom is 0.191 e. The number of fused-ring (bicyclic) bond motifs is 1. The molecule has 2 unspecified atom stereocenters. The summed E-state index contributed by atoms with van der Waals surface area (Å²) in [5.41, 5.74) is 3.43. The molecule has 0 bridgehead atoms. The predicted molar refractivity (Wildman–Crippen MR) is 145 cm³/mol. The molecule has 2 N–H and O–H groups in total. The highest BCUT2D eigenvalue weighted by atomic mass is 127. The van der Waals surface area contributed by atoms with Crippen molar-refractivity contribution in [1.29, 1.82) is 0 Å². The van der Waals surface area contributed by atoms with Crippen molar-refractivity contribution in [3.05, 3.63) is 65.6 Å². The third kappa shape index (κ3) is 7.14. The Morgan fingerprint density at radius 3 is 2.45 bits per heavy atom. The fraction of sp³-hybridized carbons (Fsp3) is 0.480. The van der Waals surface area contributed by atoms with E-state index in [4.69, 9.17) is 4.99 Å². The highest BCUT2D eigenvalue weighted by Gasteiger charge is 2.21. The fourth-order valence-corrected chi connectivity index (χ4v) is 4.62. The van der Waals surface area contributed by atoms with Gasteiger partial charge in [0.05, 0.1) is 13.1 Å². The number of rotatable bonds is 7. The highest BCUT2D eigenvalue weighted by Crippen LogP contribution is 2.22. The number of hydrogen-bond donors (Lipinski definition) is 2. The second kappa shape index (κ2) is 12.3. The first-order valence-corrected chi connectivity index (χ1v) is 11.7. The molecule has 4 rings (SSSR count). The van der Waals surface area contributed by atoms with E-state index in [1.54, 1.807) is 0 Å². The zero-order valence-electron chi connectivity index (χ0n) is 19.9. The van der Waals surface area contributed by atoms with E-state index in [0.717, 1.165) is 42.4 Å². The lowest BCUT2D eigenvalue weighted by molar-refractivity contribution is 0.134. The molecule has 3 heterocycles. The number of nitrogens with zero attached hydrogens (tertiary/aromatic N) is 5. The standard InChI is InChI=1S/C25H35N7.HI/c1-4-26-25(28-15-24-30-29-23-7-5-6-12-32(23)24)27-14-21-8-10-22(11-9-21)18-31-16-19(2)13-20(3)17-31;/h5-12,19-20H,4,13-18H2,1-3H3,(H2,26,27,28);1H. The summed E-state index contributed by atoms with van der Waals surface area (Å²) in [6, 6.07) is 14.8. The summed E-state index contributed by atoms with van der Waals surface area (Å²) in [5, 5.41) is 15.2. The van der Waals surface area contributed by atoms with E-state index in [0.29, 0.717) is 13.1 Å². The summed E-state index contributed by atoms with van der Waals surface area (Å²) >= 11 is 0. The Morgan fingerprint density at radius 1 is 1.00 bits per heavy atom. The maximum atomic E-state index is 4.75. The molecule has 178 valence electrons. The number of nitrogens with one attached hydrogen (secondary N) is 2. The Morgan fingerprint density at radius 2 is 1.73 bits per heavy atom. The predicted octanol–water partition coefficient (Wildman–Crippen LogP) is 4.08. The molecule has 3 aromatic rings. The molecule has 8 heteroatoms. The van der Waals surface area contributed by atoms with E-state index in [1.165, 1.54) is 30.6 Å². The molecule has 2 atom stereocenters. The summed E-state index contributed by atoms with van der Waals surface area (Å²) in [6.07, 6.45) is 3.33. The van der Waals surface area contributed by atoms with Gasteiger partial charge in [0.15, 0.2) is 17.4 Å². The van der Waals surface area contributed by atoms with Crippen molar-refractivity contribution in [3.8, 4) is 0 Å². The zero-order chi connectivity index (χ0) is 22.3. The Kier molecular flexibility index (Phi) is 9.49. The van der Waals surface area contributed by atoms with Gasteiger partial charge in [-0.1, -0.05) is 44.2 Å². The van der Waals surface area contributed by atoms with Crippen molar-refractivity contribution in [2.75, 3.05) is 19.6 Å². The quantitative estimate of drug-likeness (QED) is 0.259. The maximum absolute atomic E-state index is 4.75. The molecule has 33 heavy (non-hydrogen) atoms. The summed E-state index contributed by atoms with van der Waals surface area (Å²) in [6.45, 7) is 12.2. The number of likely N-dealkylation sites (tertiary alicyclic amines) is 1. The number of pyridine rings is 1. The largest absolute Gasteiger partial charge is 0.357 e. The zero-order valence-corrected chi connectivity index (χ0v) is 22.2. The van der Waals surface area contributed by atoms with Crippen LogP contribution in [-0.2, 0) is 19.6 Å². The molecular weight excluding hydrogens is 525 g/mol. The van der Waals surface area contributed by atoms with E-state index >= 15 is 0 Å².